The molecule has 0 unspecified atom stereocenters. The number of nitrogens with one attached hydrogen (secondary N) is 1. The van der Waals surface area contributed by atoms with Crippen molar-refractivity contribution in [1.29, 1.82) is 0 Å². The molecule has 0 amide bonds. The largest absolute Gasteiger partial charge is 0.277 e. The van der Waals surface area contributed by atoms with E-state index < -0.39 is 0 Å². The molecule has 0 aliphatic heterocycles. The van der Waals surface area contributed by atoms with E-state index in [0.29, 0.717) is 0 Å². The van der Waals surface area contributed by atoms with Crippen molar-refractivity contribution in [2.45, 2.75) is 6.92 Å². The lowest BCUT2D eigenvalue weighted by molar-refractivity contribution is 1.10. The van der Waals surface area contributed by atoms with Gasteiger partial charge in [-0.15, -0.1) is 0 Å². The first-order valence-electron chi connectivity index (χ1n) is 6.03. The van der Waals surface area contributed by atoms with Gasteiger partial charge < -0.3 is 0 Å². The van der Waals surface area contributed by atoms with Gasteiger partial charge in [-0.25, -0.2) is 0 Å². The SMILES string of the molecule is Cc1[c]cccc1-c1cc(-c2ccc(Cl)cc2)[nH]n1. The van der Waals surface area contributed by atoms with Gasteiger partial charge in [0.2, 0.25) is 0 Å². The minimum Gasteiger partial charge on any atom is -0.277 e. The normalized spacial score (nSPS) is 10.6. The third-order valence-corrected chi connectivity index (χ3v) is 3.32. The van der Waals surface area contributed by atoms with E-state index in [4.69, 9.17) is 11.6 Å². The molecule has 0 aliphatic rings. The van der Waals surface area contributed by atoms with Gasteiger partial charge in [-0.2, -0.15) is 5.10 Å². The zero-order chi connectivity index (χ0) is 13.2. The number of H-pyrrole nitrogens is 1. The second-order valence-corrected chi connectivity index (χ2v) is 4.82. The van der Waals surface area contributed by atoms with Crippen molar-refractivity contribution in [1.82, 2.24) is 10.2 Å². The van der Waals surface area contributed by atoms with Crippen LogP contribution in [-0.2, 0) is 0 Å². The Hall–Kier alpha value is -2.06. The fourth-order valence-electron chi connectivity index (χ4n) is 2.03. The van der Waals surface area contributed by atoms with Crippen molar-refractivity contribution in [2.75, 3.05) is 0 Å². The standard InChI is InChI=1S/C16H12ClN2/c1-11-4-2-3-5-14(11)16-10-15(18-19-16)12-6-8-13(17)9-7-12/h2-3,5-10H,1H3,(H,18,19). The average molecular weight is 268 g/mol. The van der Waals surface area contributed by atoms with Crippen LogP contribution in [0.5, 0.6) is 0 Å². The van der Waals surface area contributed by atoms with Crippen molar-refractivity contribution < 1.29 is 0 Å². The van der Waals surface area contributed by atoms with Crippen molar-refractivity contribution in [3.63, 3.8) is 0 Å². The topological polar surface area (TPSA) is 28.7 Å². The molecule has 19 heavy (non-hydrogen) atoms. The number of aryl methyl sites for hydroxylation is 1. The first-order chi connectivity index (χ1) is 9.24. The van der Waals surface area contributed by atoms with Gasteiger partial charge in [0.15, 0.2) is 0 Å². The summed E-state index contributed by atoms with van der Waals surface area (Å²) in [6, 6.07) is 18.9. The second kappa shape index (κ2) is 4.90. The van der Waals surface area contributed by atoms with Crippen LogP contribution in [0.4, 0.5) is 0 Å². The number of aromatic nitrogens is 2. The zero-order valence-corrected chi connectivity index (χ0v) is 11.2. The van der Waals surface area contributed by atoms with Crippen LogP contribution in [-0.4, -0.2) is 10.2 Å². The Morgan fingerprint density at radius 1 is 1.16 bits per heavy atom. The van der Waals surface area contributed by atoms with Crippen LogP contribution in [0, 0.1) is 13.0 Å². The summed E-state index contributed by atoms with van der Waals surface area (Å²) in [5.41, 5.74) is 5.17. The lowest BCUT2D eigenvalue weighted by Crippen LogP contribution is -1.82. The average Bonchev–Trinajstić information content (AvgIpc) is 2.89. The summed E-state index contributed by atoms with van der Waals surface area (Å²) in [6.45, 7) is 2.03. The number of rotatable bonds is 2. The summed E-state index contributed by atoms with van der Waals surface area (Å²) in [5, 5.41) is 8.16. The molecule has 1 heterocycles. The van der Waals surface area contributed by atoms with E-state index in [1.165, 1.54) is 0 Å². The Morgan fingerprint density at radius 2 is 1.95 bits per heavy atom. The summed E-state index contributed by atoms with van der Waals surface area (Å²) in [7, 11) is 0. The van der Waals surface area contributed by atoms with Crippen molar-refractivity contribution in [3.8, 4) is 22.5 Å². The molecule has 0 atom stereocenters. The summed E-state index contributed by atoms with van der Waals surface area (Å²) in [4.78, 5) is 0. The van der Waals surface area contributed by atoms with E-state index in [2.05, 4.69) is 16.3 Å². The van der Waals surface area contributed by atoms with E-state index in [1.807, 2.05) is 55.5 Å². The highest BCUT2D eigenvalue weighted by Crippen LogP contribution is 2.26. The van der Waals surface area contributed by atoms with Crippen molar-refractivity contribution in [3.05, 3.63) is 65.2 Å². The van der Waals surface area contributed by atoms with Crippen LogP contribution >= 0.6 is 11.6 Å². The number of hydrogen-bond donors (Lipinski definition) is 1. The summed E-state index contributed by atoms with van der Waals surface area (Å²) in [6.07, 6.45) is 0. The van der Waals surface area contributed by atoms with E-state index in [9.17, 15) is 0 Å². The van der Waals surface area contributed by atoms with Crippen LogP contribution < -0.4 is 0 Å². The molecule has 0 bridgehead atoms. The number of aromatic amines is 1. The Kier molecular flexibility index (Phi) is 3.10. The molecular formula is C16H12ClN2. The molecule has 3 aromatic rings. The highest BCUT2D eigenvalue weighted by atomic mass is 35.5. The third kappa shape index (κ3) is 2.40. The summed E-state index contributed by atoms with van der Waals surface area (Å²) >= 11 is 5.89. The van der Waals surface area contributed by atoms with Crippen LogP contribution in [0.2, 0.25) is 5.02 Å². The van der Waals surface area contributed by atoms with E-state index in [-0.39, 0.29) is 0 Å². The molecule has 0 aliphatic carbocycles. The molecule has 1 radical (unpaired) electrons. The van der Waals surface area contributed by atoms with E-state index in [0.717, 1.165) is 33.1 Å². The highest BCUT2D eigenvalue weighted by Gasteiger charge is 2.07. The van der Waals surface area contributed by atoms with Crippen molar-refractivity contribution in [2.24, 2.45) is 0 Å². The smallest absolute Gasteiger partial charge is 0.0930 e. The lowest BCUT2D eigenvalue weighted by Gasteiger charge is -1.99. The Labute approximate surface area is 117 Å². The Bertz CT molecular complexity index is 699. The molecule has 0 fully saturated rings. The maximum atomic E-state index is 5.89. The van der Waals surface area contributed by atoms with Crippen LogP contribution in [0.3, 0.4) is 0 Å². The molecule has 1 aromatic heterocycles. The molecule has 3 heteroatoms. The van der Waals surface area contributed by atoms with Gasteiger partial charge in [-0.3, -0.25) is 5.10 Å². The predicted molar refractivity (Wildman–Crippen MR) is 78.0 cm³/mol. The minimum atomic E-state index is 0.733. The first kappa shape index (κ1) is 12.0. The van der Waals surface area contributed by atoms with E-state index in [1.54, 1.807) is 0 Å². The maximum Gasteiger partial charge on any atom is 0.0930 e. The monoisotopic (exact) mass is 267 g/mol. The number of hydrogen-bond acceptors (Lipinski definition) is 1. The highest BCUT2D eigenvalue weighted by molar-refractivity contribution is 6.30. The molecule has 2 aromatic carbocycles. The fourth-order valence-corrected chi connectivity index (χ4v) is 2.16. The maximum absolute atomic E-state index is 5.89. The molecular weight excluding hydrogens is 256 g/mol. The van der Waals surface area contributed by atoms with Gasteiger partial charge in [0.05, 0.1) is 11.4 Å². The first-order valence-corrected chi connectivity index (χ1v) is 6.41. The lowest BCUT2D eigenvalue weighted by atomic mass is 10.0. The van der Waals surface area contributed by atoms with Gasteiger partial charge in [0.1, 0.15) is 0 Å². The predicted octanol–water partition coefficient (Wildman–Crippen LogP) is 4.51. The van der Waals surface area contributed by atoms with Gasteiger partial charge in [0.25, 0.3) is 0 Å². The summed E-state index contributed by atoms with van der Waals surface area (Å²) in [5.74, 6) is 0. The molecule has 1 N–H and O–H groups in total. The van der Waals surface area contributed by atoms with Crippen LogP contribution in [0.15, 0.2) is 48.5 Å². The van der Waals surface area contributed by atoms with Crippen LogP contribution in [0.1, 0.15) is 5.56 Å². The number of nitrogens with zero attached hydrogens (tertiary/aromatic N) is 1. The minimum absolute atomic E-state index is 0.733. The van der Waals surface area contributed by atoms with Crippen molar-refractivity contribution >= 4 is 11.6 Å². The molecule has 0 saturated carbocycles. The Morgan fingerprint density at radius 3 is 2.68 bits per heavy atom. The number of benzene rings is 2. The molecule has 0 saturated heterocycles. The molecule has 2 nitrogen and oxygen atoms in total. The van der Waals surface area contributed by atoms with Gasteiger partial charge in [-0.1, -0.05) is 41.9 Å². The number of halogens is 1. The molecule has 93 valence electrons. The zero-order valence-electron chi connectivity index (χ0n) is 10.4. The van der Waals surface area contributed by atoms with Gasteiger partial charge in [-0.05, 0) is 42.3 Å². The fraction of sp³-hybridized carbons (Fsp3) is 0.0625. The summed E-state index contributed by atoms with van der Waals surface area (Å²) < 4.78 is 0. The van der Waals surface area contributed by atoms with E-state index >= 15 is 0 Å². The second-order valence-electron chi connectivity index (χ2n) is 4.38. The van der Waals surface area contributed by atoms with Gasteiger partial charge in [0, 0.05) is 10.6 Å². The molecule has 3 rings (SSSR count). The molecule has 0 spiro atoms. The third-order valence-electron chi connectivity index (χ3n) is 3.07. The van der Waals surface area contributed by atoms with Gasteiger partial charge >= 0.3 is 0 Å². The quantitative estimate of drug-likeness (QED) is 0.727. The Balaban J connectivity index is 2.00. The van der Waals surface area contributed by atoms with Crippen LogP contribution in [0.25, 0.3) is 22.5 Å².